The lowest BCUT2D eigenvalue weighted by Gasteiger charge is -2.07. The van der Waals surface area contributed by atoms with E-state index < -0.39 is 11.6 Å². The lowest BCUT2D eigenvalue weighted by atomic mass is 10.0. The summed E-state index contributed by atoms with van der Waals surface area (Å²) in [6.07, 6.45) is 4.22. The minimum Gasteiger partial charge on any atom is -0.203 e. The number of rotatable bonds is 8. The van der Waals surface area contributed by atoms with E-state index in [1.54, 1.807) is 16.9 Å². The molecule has 0 radical (unpaired) electrons. The zero-order valence-corrected chi connectivity index (χ0v) is 22.0. The van der Waals surface area contributed by atoms with Gasteiger partial charge in [-0.15, -0.1) is 22.7 Å². The molecule has 0 aliphatic carbocycles. The van der Waals surface area contributed by atoms with E-state index in [-0.39, 0.29) is 11.1 Å². The maximum absolute atomic E-state index is 15.3. The van der Waals surface area contributed by atoms with Crippen LogP contribution in [0.15, 0.2) is 31.8 Å². The Bertz CT molecular complexity index is 1100. The zero-order valence-electron chi connectivity index (χ0n) is 15.6. The fraction of sp³-hybridized carbons (Fsp3) is 0.300. The first-order chi connectivity index (χ1) is 14.5. The van der Waals surface area contributed by atoms with Crippen LogP contribution in [0.1, 0.15) is 25.7 Å². The minimum atomic E-state index is -0.888. The summed E-state index contributed by atoms with van der Waals surface area (Å²) >= 11 is 12.9. The van der Waals surface area contributed by atoms with Crippen molar-refractivity contribution >= 4 is 81.5 Å². The first-order valence-electron chi connectivity index (χ1n) is 9.32. The molecule has 3 nitrogen and oxygen atoms in total. The quantitative estimate of drug-likeness (QED) is 0.143. The first-order valence-corrected chi connectivity index (χ1v) is 13.7. The molecule has 4 rings (SSSR count). The standard InChI is InChI=1S/C20H16Br3F2N3S2/c21-9-3-1-2-4-10-28-26-19-15(11-5-7-13(22)29-11)17(24)18(25)16(20(19)27-28)12-6-8-14(23)30-12/h5-8H,1-4,9-10H2. The van der Waals surface area contributed by atoms with Gasteiger partial charge in [0.15, 0.2) is 11.6 Å². The molecule has 1 aromatic carbocycles. The molecule has 3 heterocycles. The molecule has 0 saturated heterocycles. The van der Waals surface area contributed by atoms with Gasteiger partial charge in [-0.3, -0.25) is 0 Å². The van der Waals surface area contributed by atoms with Crippen LogP contribution >= 0.6 is 70.5 Å². The fourth-order valence-electron chi connectivity index (χ4n) is 3.26. The molecule has 0 aliphatic heterocycles. The number of aromatic nitrogens is 3. The number of nitrogens with zero attached hydrogens (tertiary/aromatic N) is 3. The van der Waals surface area contributed by atoms with Crippen molar-refractivity contribution in [2.45, 2.75) is 32.2 Å². The van der Waals surface area contributed by atoms with Gasteiger partial charge in [-0.1, -0.05) is 28.8 Å². The maximum atomic E-state index is 15.3. The molecule has 0 fully saturated rings. The Hall–Kier alpha value is -0.680. The van der Waals surface area contributed by atoms with E-state index in [1.165, 1.54) is 22.7 Å². The normalized spacial score (nSPS) is 11.6. The molecule has 158 valence electrons. The molecular formula is C20H16Br3F2N3S2. The second kappa shape index (κ2) is 9.85. The van der Waals surface area contributed by atoms with E-state index >= 15 is 8.78 Å². The summed E-state index contributed by atoms with van der Waals surface area (Å²) in [5, 5.41) is 10.2. The van der Waals surface area contributed by atoms with E-state index in [4.69, 9.17) is 0 Å². The average Bonchev–Trinajstić information content (AvgIpc) is 3.43. The number of thiophene rings is 2. The van der Waals surface area contributed by atoms with Crippen LogP contribution < -0.4 is 0 Å². The summed E-state index contributed by atoms with van der Waals surface area (Å²) in [7, 11) is 0. The Morgan fingerprint density at radius 1 is 0.767 bits per heavy atom. The van der Waals surface area contributed by atoms with Crippen molar-refractivity contribution in [3.8, 4) is 20.9 Å². The van der Waals surface area contributed by atoms with Crippen LogP contribution in [0.25, 0.3) is 31.9 Å². The molecule has 0 spiro atoms. The highest BCUT2D eigenvalue weighted by molar-refractivity contribution is 9.11. The number of unbranched alkanes of at least 4 members (excludes halogenated alkanes) is 3. The second-order valence-electron chi connectivity index (χ2n) is 6.68. The molecule has 0 amide bonds. The topological polar surface area (TPSA) is 30.7 Å². The van der Waals surface area contributed by atoms with Gasteiger partial charge in [-0.05, 0) is 69.0 Å². The van der Waals surface area contributed by atoms with Crippen LogP contribution in [0.4, 0.5) is 8.78 Å². The van der Waals surface area contributed by atoms with Crippen molar-refractivity contribution in [2.75, 3.05) is 5.33 Å². The highest BCUT2D eigenvalue weighted by atomic mass is 79.9. The lowest BCUT2D eigenvalue weighted by Crippen LogP contribution is -2.02. The van der Waals surface area contributed by atoms with Gasteiger partial charge in [-0.2, -0.15) is 15.0 Å². The summed E-state index contributed by atoms with van der Waals surface area (Å²) in [6, 6.07) is 7.18. The molecule has 0 bridgehead atoms. The smallest absolute Gasteiger partial charge is 0.170 e. The monoisotopic (exact) mass is 637 g/mol. The summed E-state index contributed by atoms with van der Waals surface area (Å²) in [5.74, 6) is -1.78. The van der Waals surface area contributed by atoms with Gasteiger partial charge in [0.1, 0.15) is 11.0 Å². The van der Waals surface area contributed by atoms with Gasteiger partial charge >= 0.3 is 0 Å². The molecule has 4 aromatic rings. The third kappa shape index (κ3) is 4.57. The highest BCUT2D eigenvalue weighted by Crippen LogP contribution is 2.43. The number of hydrogen-bond acceptors (Lipinski definition) is 4. The number of hydrogen-bond donors (Lipinski definition) is 0. The molecule has 3 aromatic heterocycles. The van der Waals surface area contributed by atoms with Crippen LogP contribution in [-0.4, -0.2) is 20.3 Å². The average molecular weight is 640 g/mol. The predicted octanol–water partition coefficient (Wildman–Crippen LogP) is 8.65. The van der Waals surface area contributed by atoms with Gasteiger partial charge in [0.25, 0.3) is 0 Å². The summed E-state index contributed by atoms with van der Waals surface area (Å²) in [4.78, 5) is 2.81. The number of aryl methyl sites for hydroxylation is 1. The minimum absolute atomic E-state index is 0.170. The van der Waals surface area contributed by atoms with Crippen LogP contribution in [-0.2, 0) is 6.54 Å². The molecule has 0 saturated carbocycles. The molecule has 10 heteroatoms. The Morgan fingerprint density at radius 2 is 1.27 bits per heavy atom. The fourth-order valence-corrected chi connectivity index (χ4v) is 6.51. The molecule has 30 heavy (non-hydrogen) atoms. The highest BCUT2D eigenvalue weighted by Gasteiger charge is 2.27. The Balaban J connectivity index is 1.84. The van der Waals surface area contributed by atoms with E-state index in [2.05, 4.69) is 58.0 Å². The predicted molar refractivity (Wildman–Crippen MR) is 132 cm³/mol. The molecule has 0 atom stereocenters. The van der Waals surface area contributed by atoms with Crippen molar-refractivity contribution in [3.05, 3.63) is 43.5 Å². The van der Waals surface area contributed by atoms with Crippen LogP contribution in [0.2, 0.25) is 0 Å². The van der Waals surface area contributed by atoms with Crippen molar-refractivity contribution in [2.24, 2.45) is 0 Å². The maximum Gasteiger partial charge on any atom is 0.170 e. The van der Waals surface area contributed by atoms with Crippen molar-refractivity contribution in [3.63, 3.8) is 0 Å². The largest absolute Gasteiger partial charge is 0.203 e. The van der Waals surface area contributed by atoms with E-state index in [0.717, 1.165) is 38.6 Å². The van der Waals surface area contributed by atoms with Gasteiger partial charge < -0.3 is 0 Å². The lowest BCUT2D eigenvalue weighted by molar-refractivity contribution is 0.496. The van der Waals surface area contributed by atoms with Crippen LogP contribution in [0, 0.1) is 11.6 Å². The van der Waals surface area contributed by atoms with Crippen LogP contribution in [0.3, 0.4) is 0 Å². The SMILES string of the molecule is Fc1c(F)c(-c2ccc(Br)s2)c2nn(CCCCCCBr)nc2c1-c1ccc(Br)s1. The molecule has 0 unspecified atom stereocenters. The van der Waals surface area contributed by atoms with Gasteiger partial charge in [0.05, 0.1) is 25.2 Å². The Kier molecular flexibility index (Phi) is 7.39. The zero-order chi connectivity index (χ0) is 21.3. The third-order valence-corrected chi connectivity index (χ3v) is 8.48. The summed E-state index contributed by atoms with van der Waals surface area (Å²) < 4.78 is 32.3. The molecule has 0 aliphatic rings. The van der Waals surface area contributed by atoms with Gasteiger partial charge in [0.2, 0.25) is 0 Å². The van der Waals surface area contributed by atoms with Crippen LogP contribution in [0.5, 0.6) is 0 Å². The molecule has 0 N–H and O–H groups in total. The Morgan fingerprint density at radius 3 is 1.70 bits per heavy atom. The molecular weight excluding hydrogens is 624 g/mol. The van der Waals surface area contributed by atoms with E-state index in [1.807, 2.05) is 12.1 Å². The second-order valence-corrected chi connectivity index (χ2v) is 12.4. The van der Waals surface area contributed by atoms with E-state index in [0.29, 0.717) is 27.3 Å². The van der Waals surface area contributed by atoms with Crippen molar-refractivity contribution in [1.29, 1.82) is 0 Å². The van der Waals surface area contributed by atoms with Gasteiger partial charge in [-0.25, -0.2) is 8.78 Å². The summed E-state index contributed by atoms with van der Waals surface area (Å²) in [6.45, 7) is 0.612. The first kappa shape index (κ1) is 22.5. The number of alkyl halides is 1. The number of benzene rings is 1. The number of halogens is 5. The van der Waals surface area contributed by atoms with Crippen molar-refractivity contribution in [1.82, 2.24) is 15.0 Å². The number of fused-ring (bicyclic) bond motifs is 1. The Labute approximate surface area is 205 Å². The van der Waals surface area contributed by atoms with E-state index in [9.17, 15) is 0 Å². The van der Waals surface area contributed by atoms with Crippen molar-refractivity contribution < 1.29 is 8.78 Å². The summed E-state index contributed by atoms with van der Waals surface area (Å²) in [5.41, 5.74) is 1.12. The van der Waals surface area contributed by atoms with Gasteiger partial charge in [0, 0.05) is 15.1 Å². The third-order valence-electron chi connectivity index (χ3n) is 4.64.